The molecule has 6 heteroatoms. The zero-order valence-corrected chi connectivity index (χ0v) is 11.3. The zero-order valence-electron chi connectivity index (χ0n) is 11.3. The number of nitrogens with two attached hydrogens (primary N) is 1. The minimum atomic E-state index is -0.649. The van der Waals surface area contributed by atoms with Crippen LogP contribution < -0.4 is 11.1 Å². The highest BCUT2D eigenvalue weighted by Gasteiger charge is 2.15. The molecule has 1 aromatic carbocycles. The highest BCUT2D eigenvalue weighted by Crippen LogP contribution is 2.12. The third-order valence-electron chi connectivity index (χ3n) is 2.95. The van der Waals surface area contributed by atoms with Gasteiger partial charge in [0.1, 0.15) is 5.75 Å². The number of hydrogen-bond donors (Lipinski definition) is 3. The minimum Gasteiger partial charge on any atom is -0.508 e. The SMILES string of the molecule is CCn1cc(NC(=O)C(N)Cc2ccc(O)cc2)cn1. The molecular formula is C14H18N4O2. The number of carbonyl (C=O) groups excluding carboxylic acids is 1. The molecule has 106 valence electrons. The lowest BCUT2D eigenvalue weighted by molar-refractivity contribution is -0.117. The second-order valence-corrected chi connectivity index (χ2v) is 4.55. The first-order valence-corrected chi connectivity index (χ1v) is 6.45. The Hall–Kier alpha value is -2.34. The van der Waals surface area contributed by atoms with Crippen LogP contribution >= 0.6 is 0 Å². The van der Waals surface area contributed by atoms with Crippen molar-refractivity contribution < 1.29 is 9.90 Å². The average Bonchev–Trinajstić information content (AvgIpc) is 2.89. The highest BCUT2D eigenvalue weighted by molar-refractivity contribution is 5.94. The number of hydrogen-bond acceptors (Lipinski definition) is 4. The molecule has 0 fully saturated rings. The maximum atomic E-state index is 12.0. The van der Waals surface area contributed by atoms with Crippen LogP contribution in [-0.2, 0) is 17.8 Å². The van der Waals surface area contributed by atoms with Crippen molar-refractivity contribution in [2.45, 2.75) is 25.9 Å². The molecule has 4 N–H and O–H groups in total. The van der Waals surface area contributed by atoms with E-state index in [1.54, 1.807) is 41.3 Å². The molecule has 6 nitrogen and oxygen atoms in total. The van der Waals surface area contributed by atoms with Gasteiger partial charge in [0, 0.05) is 12.7 Å². The largest absolute Gasteiger partial charge is 0.508 e. The second kappa shape index (κ2) is 6.21. The van der Waals surface area contributed by atoms with Crippen LogP contribution in [-0.4, -0.2) is 26.8 Å². The number of rotatable bonds is 5. The van der Waals surface area contributed by atoms with Crippen LogP contribution in [0.2, 0.25) is 0 Å². The molecule has 2 aromatic rings. The molecule has 1 amide bonds. The molecule has 0 aliphatic carbocycles. The fourth-order valence-electron chi connectivity index (χ4n) is 1.81. The van der Waals surface area contributed by atoms with Gasteiger partial charge in [-0.2, -0.15) is 5.10 Å². The molecule has 1 aromatic heterocycles. The summed E-state index contributed by atoms with van der Waals surface area (Å²) in [7, 11) is 0. The Kier molecular flexibility index (Phi) is 4.37. The van der Waals surface area contributed by atoms with Crippen molar-refractivity contribution in [3.63, 3.8) is 0 Å². The molecule has 0 aliphatic heterocycles. The quantitative estimate of drug-likeness (QED) is 0.761. The van der Waals surface area contributed by atoms with Crippen LogP contribution in [0.1, 0.15) is 12.5 Å². The molecule has 0 spiro atoms. The smallest absolute Gasteiger partial charge is 0.241 e. The van der Waals surface area contributed by atoms with Gasteiger partial charge in [0.2, 0.25) is 5.91 Å². The minimum absolute atomic E-state index is 0.193. The standard InChI is InChI=1S/C14H18N4O2/c1-2-18-9-11(8-16-18)17-14(20)13(15)7-10-3-5-12(19)6-4-10/h3-6,8-9,13,19H,2,7,15H2,1H3,(H,17,20). The van der Waals surface area contributed by atoms with Crippen LogP contribution in [0.15, 0.2) is 36.7 Å². The Balaban J connectivity index is 1.93. The van der Waals surface area contributed by atoms with E-state index in [9.17, 15) is 9.90 Å². The zero-order chi connectivity index (χ0) is 14.5. The molecule has 0 bridgehead atoms. The van der Waals surface area contributed by atoms with E-state index in [4.69, 9.17) is 5.73 Å². The molecule has 0 saturated heterocycles. The first-order chi connectivity index (χ1) is 9.58. The van der Waals surface area contributed by atoms with Crippen molar-refractivity contribution >= 4 is 11.6 Å². The average molecular weight is 274 g/mol. The highest BCUT2D eigenvalue weighted by atomic mass is 16.3. The van der Waals surface area contributed by atoms with Gasteiger partial charge in [-0.3, -0.25) is 9.48 Å². The van der Waals surface area contributed by atoms with Crippen molar-refractivity contribution in [1.29, 1.82) is 0 Å². The lowest BCUT2D eigenvalue weighted by atomic mass is 10.1. The van der Waals surface area contributed by atoms with E-state index in [1.807, 2.05) is 6.92 Å². The van der Waals surface area contributed by atoms with Crippen LogP contribution in [0.5, 0.6) is 5.75 Å². The van der Waals surface area contributed by atoms with Gasteiger partial charge in [0.15, 0.2) is 0 Å². The number of aromatic hydroxyl groups is 1. The number of phenols is 1. The van der Waals surface area contributed by atoms with Crippen LogP contribution in [0.3, 0.4) is 0 Å². The van der Waals surface area contributed by atoms with Crippen molar-refractivity contribution in [1.82, 2.24) is 9.78 Å². The summed E-state index contributed by atoms with van der Waals surface area (Å²) in [5.74, 6) is -0.0625. The number of aryl methyl sites for hydroxylation is 1. The summed E-state index contributed by atoms with van der Waals surface area (Å²) in [6.45, 7) is 2.71. The number of nitrogens with zero attached hydrogens (tertiary/aromatic N) is 2. The summed E-state index contributed by atoms with van der Waals surface area (Å²) in [4.78, 5) is 12.0. The van der Waals surface area contributed by atoms with Gasteiger partial charge >= 0.3 is 0 Å². The Morgan fingerprint density at radius 1 is 1.45 bits per heavy atom. The Morgan fingerprint density at radius 3 is 2.75 bits per heavy atom. The monoisotopic (exact) mass is 274 g/mol. The Bertz CT molecular complexity index is 577. The topological polar surface area (TPSA) is 93.2 Å². The molecule has 1 unspecified atom stereocenters. The number of benzene rings is 1. The summed E-state index contributed by atoms with van der Waals surface area (Å²) in [5, 5.41) is 16.0. The fourth-order valence-corrected chi connectivity index (χ4v) is 1.81. The summed E-state index contributed by atoms with van der Waals surface area (Å²) >= 11 is 0. The maximum Gasteiger partial charge on any atom is 0.241 e. The number of anilines is 1. The summed E-state index contributed by atoms with van der Waals surface area (Å²) in [6, 6.07) is 6.00. The third-order valence-corrected chi connectivity index (χ3v) is 2.95. The normalized spacial score (nSPS) is 12.1. The molecular weight excluding hydrogens is 256 g/mol. The molecule has 0 aliphatic rings. The predicted molar refractivity (Wildman–Crippen MR) is 76.3 cm³/mol. The van der Waals surface area contributed by atoms with Gasteiger partial charge in [0.25, 0.3) is 0 Å². The maximum absolute atomic E-state index is 12.0. The van der Waals surface area contributed by atoms with Crippen LogP contribution in [0.4, 0.5) is 5.69 Å². The van der Waals surface area contributed by atoms with Gasteiger partial charge in [-0.15, -0.1) is 0 Å². The van der Waals surface area contributed by atoms with E-state index in [0.717, 1.165) is 12.1 Å². The summed E-state index contributed by atoms with van der Waals surface area (Å²) < 4.78 is 1.72. The number of nitrogens with one attached hydrogen (secondary N) is 1. The second-order valence-electron chi connectivity index (χ2n) is 4.55. The van der Waals surface area contributed by atoms with E-state index in [0.29, 0.717) is 12.1 Å². The molecule has 2 rings (SSSR count). The molecule has 20 heavy (non-hydrogen) atoms. The fraction of sp³-hybridized carbons (Fsp3) is 0.286. The first-order valence-electron chi connectivity index (χ1n) is 6.45. The summed E-state index contributed by atoms with van der Waals surface area (Å²) in [6.07, 6.45) is 3.76. The molecule has 1 atom stereocenters. The number of phenolic OH excluding ortho intramolecular Hbond substituents is 1. The first kappa shape index (κ1) is 14.1. The lowest BCUT2D eigenvalue weighted by Gasteiger charge is -2.11. The third kappa shape index (κ3) is 3.58. The van der Waals surface area contributed by atoms with Crippen molar-refractivity contribution in [2.24, 2.45) is 5.73 Å². The van der Waals surface area contributed by atoms with E-state index >= 15 is 0 Å². The Labute approximate surface area is 117 Å². The molecule has 0 radical (unpaired) electrons. The Morgan fingerprint density at radius 2 is 2.15 bits per heavy atom. The number of aromatic nitrogens is 2. The van der Waals surface area contributed by atoms with Gasteiger partial charge in [-0.05, 0) is 31.0 Å². The predicted octanol–water partition coefficient (Wildman–Crippen LogP) is 1.12. The van der Waals surface area contributed by atoms with E-state index < -0.39 is 6.04 Å². The number of amides is 1. The van der Waals surface area contributed by atoms with Gasteiger partial charge in [-0.1, -0.05) is 12.1 Å². The lowest BCUT2D eigenvalue weighted by Crippen LogP contribution is -2.37. The molecule has 1 heterocycles. The number of carbonyl (C=O) groups is 1. The van der Waals surface area contributed by atoms with E-state index in [1.165, 1.54) is 0 Å². The van der Waals surface area contributed by atoms with Gasteiger partial charge in [-0.25, -0.2) is 0 Å². The molecule has 0 saturated carbocycles. The summed E-state index contributed by atoms with van der Waals surface area (Å²) in [5.41, 5.74) is 7.41. The van der Waals surface area contributed by atoms with Crippen LogP contribution in [0.25, 0.3) is 0 Å². The van der Waals surface area contributed by atoms with Crippen LogP contribution in [0, 0.1) is 0 Å². The van der Waals surface area contributed by atoms with E-state index in [2.05, 4.69) is 10.4 Å². The van der Waals surface area contributed by atoms with Crippen molar-refractivity contribution in [3.05, 3.63) is 42.2 Å². The van der Waals surface area contributed by atoms with Crippen molar-refractivity contribution in [3.8, 4) is 5.75 Å². The van der Waals surface area contributed by atoms with E-state index in [-0.39, 0.29) is 11.7 Å². The van der Waals surface area contributed by atoms with Gasteiger partial charge in [0.05, 0.1) is 17.9 Å². The van der Waals surface area contributed by atoms with Crippen molar-refractivity contribution in [2.75, 3.05) is 5.32 Å². The van der Waals surface area contributed by atoms with Gasteiger partial charge < -0.3 is 16.2 Å².